The number of fused-ring (bicyclic) bond motifs is 1. The van der Waals surface area contributed by atoms with Crippen LogP contribution in [0, 0.1) is 12.7 Å². The number of anilines is 1. The fraction of sp³-hybridized carbons (Fsp3) is 0.0500. The Bertz CT molecular complexity index is 1320. The third-order valence-electron chi connectivity index (χ3n) is 4.38. The van der Waals surface area contributed by atoms with Crippen molar-refractivity contribution in [1.82, 2.24) is 14.4 Å². The lowest BCUT2D eigenvalue weighted by atomic mass is 10.1. The van der Waals surface area contributed by atoms with Gasteiger partial charge in [-0.3, -0.25) is 9.20 Å². The lowest BCUT2D eigenvalue weighted by Crippen LogP contribution is -2.13. The molecule has 0 atom stereocenters. The summed E-state index contributed by atoms with van der Waals surface area (Å²) in [7, 11) is 0. The van der Waals surface area contributed by atoms with Crippen molar-refractivity contribution in [1.29, 1.82) is 0 Å². The zero-order chi connectivity index (χ0) is 20.0. The van der Waals surface area contributed by atoms with E-state index in [4.69, 9.17) is 0 Å². The van der Waals surface area contributed by atoms with E-state index in [1.165, 1.54) is 34.8 Å². The van der Waals surface area contributed by atoms with E-state index in [0.717, 1.165) is 21.1 Å². The highest BCUT2D eigenvalue weighted by molar-refractivity contribution is 7.17. The minimum Gasteiger partial charge on any atom is -0.305 e. The summed E-state index contributed by atoms with van der Waals surface area (Å²) in [6.45, 7) is 1.83. The summed E-state index contributed by atoms with van der Waals surface area (Å²) in [5.74, 6) is 0.00202. The number of imidazole rings is 1. The zero-order valence-corrected chi connectivity index (χ0v) is 17.5. The SMILES string of the molecule is Cc1nc(-c2ccsc2)sc1C(=O)Nc1c(-c2ccc(F)cc2)nc2sccn12. The van der Waals surface area contributed by atoms with Gasteiger partial charge in [0, 0.05) is 28.1 Å². The highest BCUT2D eigenvalue weighted by Crippen LogP contribution is 2.33. The van der Waals surface area contributed by atoms with Gasteiger partial charge in [-0.1, -0.05) is 0 Å². The zero-order valence-electron chi connectivity index (χ0n) is 15.0. The van der Waals surface area contributed by atoms with Crippen LogP contribution in [0.1, 0.15) is 15.4 Å². The fourth-order valence-corrected chi connectivity index (χ4v) is 5.38. The first-order chi connectivity index (χ1) is 14.1. The maximum Gasteiger partial charge on any atom is 0.268 e. The quantitative estimate of drug-likeness (QED) is 0.376. The van der Waals surface area contributed by atoms with Gasteiger partial charge in [0.25, 0.3) is 5.91 Å². The first kappa shape index (κ1) is 18.2. The highest BCUT2D eigenvalue weighted by atomic mass is 32.1. The molecule has 29 heavy (non-hydrogen) atoms. The molecule has 0 unspecified atom stereocenters. The monoisotopic (exact) mass is 440 g/mol. The second kappa shape index (κ2) is 7.18. The van der Waals surface area contributed by atoms with Crippen LogP contribution in [0.15, 0.2) is 52.7 Å². The summed E-state index contributed by atoms with van der Waals surface area (Å²) in [4.78, 5) is 23.6. The molecule has 1 aromatic carbocycles. The van der Waals surface area contributed by atoms with Gasteiger partial charge in [0.05, 0.1) is 5.69 Å². The molecule has 0 aliphatic heterocycles. The summed E-state index contributed by atoms with van der Waals surface area (Å²) in [5, 5.41) is 9.72. The molecular formula is C20H13FN4OS3. The van der Waals surface area contributed by atoms with Crippen molar-refractivity contribution in [3.63, 3.8) is 0 Å². The number of thiophene rings is 1. The molecule has 1 amide bonds. The molecule has 0 fully saturated rings. The Hall–Kier alpha value is -2.88. The molecule has 0 aliphatic rings. The Morgan fingerprint density at radius 2 is 1.93 bits per heavy atom. The van der Waals surface area contributed by atoms with Crippen LogP contribution in [0.4, 0.5) is 10.2 Å². The van der Waals surface area contributed by atoms with E-state index in [-0.39, 0.29) is 11.7 Å². The maximum atomic E-state index is 13.3. The van der Waals surface area contributed by atoms with Crippen molar-refractivity contribution in [2.75, 3.05) is 5.32 Å². The lowest BCUT2D eigenvalue weighted by Gasteiger charge is -2.06. The first-order valence-electron chi connectivity index (χ1n) is 8.63. The number of hydrogen-bond acceptors (Lipinski definition) is 6. The van der Waals surface area contributed by atoms with E-state index in [1.807, 2.05) is 39.7 Å². The normalized spacial score (nSPS) is 11.2. The van der Waals surface area contributed by atoms with Gasteiger partial charge < -0.3 is 5.32 Å². The van der Waals surface area contributed by atoms with Gasteiger partial charge in [0.2, 0.25) is 0 Å². The van der Waals surface area contributed by atoms with Gasteiger partial charge in [0.15, 0.2) is 4.96 Å². The number of halogens is 1. The molecular weight excluding hydrogens is 427 g/mol. The number of amides is 1. The fourth-order valence-electron chi connectivity index (χ4n) is 3.00. The lowest BCUT2D eigenvalue weighted by molar-refractivity contribution is 0.102. The minimum absolute atomic E-state index is 0.238. The standard InChI is InChI=1S/C20H13FN4OS3/c1-11-16(29-19(22-11)13-6-8-27-10-13)18(26)24-17-15(12-2-4-14(21)5-3-12)23-20-25(17)7-9-28-20/h2-10H,1H3,(H,24,26). The Labute approximate surface area is 177 Å². The molecule has 0 radical (unpaired) electrons. The van der Waals surface area contributed by atoms with Crippen molar-refractivity contribution in [2.45, 2.75) is 6.92 Å². The number of aromatic nitrogens is 3. The molecule has 0 bridgehead atoms. The van der Waals surface area contributed by atoms with E-state index in [1.54, 1.807) is 23.5 Å². The Balaban J connectivity index is 1.53. The van der Waals surface area contributed by atoms with Gasteiger partial charge in [-0.2, -0.15) is 11.3 Å². The van der Waals surface area contributed by atoms with E-state index >= 15 is 0 Å². The third kappa shape index (κ3) is 3.27. The van der Waals surface area contributed by atoms with Crippen molar-refractivity contribution >= 4 is 50.7 Å². The van der Waals surface area contributed by atoms with Crippen molar-refractivity contribution in [2.24, 2.45) is 0 Å². The number of rotatable bonds is 4. The maximum absolute atomic E-state index is 13.3. The molecule has 0 aliphatic carbocycles. The smallest absolute Gasteiger partial charge is 0.268 e. The molecule has 0 spiro atoms. The van der Waals surface area contributed by atoms with Gasteiger partial charge in [-0.25, -0.2) is 14.4 Å². The summed E-state index contributed by atoms with van der Waals surface area (Å²) in [6, 6.07) is 8.07. The number of thiazole rings is 2. The van der Waals surface area contributed by atoms with Gasteiger partial charge in [0.1, 0.15) is 27.2 Å². The van der Waals surface area contributed by atoms with Crippen molar-refractivity contribution < 1.29 is 9.18 Å². The van der Waals surface area contributed by atoms with Crippen molar-refractivity contribution in [3.8, 4) is 21.8 Å². The number of nitrogens with zero attached hydrogens (tertiary/aromatic N) is 3. The van der Waals surface area contributed by atoms with Crippen LogP contribution in [0.3, 0.4) is 0 Å². The topological polar surface area (TPSA) is 59.3 Å². The largest absolute Gasteiger partial charge is 0.305 e. The molecule has 9 heteroatoms. The summed E-state index contributed by atoms with van der Waals surface area (Å²) >= 11 is 4.43. The predicted molar refractivity (Wildman–Crippen MR) is 117 cm³/mol. The minimum atomic E-state index is -0.318. The summed E-state index contributed by atoms with van der Waals surface area (Å²) in [5.41, 5.74) is 3.03. The third-order valence-corrected chi connectivity index (χ3v) is 7.03. The van der Waals surface area contributed by atoms with Crippen LogP contribution in [-0.4, -0.2) is 20.3 Å². The van der Waals surface area contributed by atoms with Crippen molar-refractivity contribution in [3.05, 3.63) is 69.1 Å². The number of carbonyl (C=O) groups excluding carboxylic acids is 1. The van der Waals surface area contributed by atoms with Gasteiger partial charge >= 0.3 is 0 Å². The van der Waals surface area contributed by atoms with Gasteiger partial charge in [-0.15, -0.1) is 22.7 Å². The van der Waals surface area contributed by atoms with Crippen LogP contribution >= 0.6 is 34.0 Å². The Kier molecular flexibility index (Phi) is 4.50. The molecule has 144 valence electrons. The van der Waals surface area contributed by atoms with E-state index in [2.05, 4.69) is 15.3 Å². The molecule has 5 rings (SSSR count). The number of benzene rings is 1. The molecule has 5 aromatic rings. The second-order valence-corrected chi connectivity index (χ2v) is 8.92. The number of carbonyl (C=O) groups is 1. The van der Waals surface area contributed by atoms with Gasteiger partial charge in [-0.05, 0) is 42.6 Å². The number of nitrogens with one attached hydrogen (secondary N) is 1. The van der Waals surface area contributed by atoms with Crippen LogP contribution in [0.5, 0.6) is 0 Å². The Morgan fingerprint density at radius 1 is 1.10 bits per heavy atom. The molecule has 1 N–H and O–H groups in total. The van der Waals surface area contributed by atoms with E-state index in [0.29, 0.717) is 22.1 Å². The average Bonchev–Trinajstić information content (AvgIpc) is 3.47. The molecule has 4 heterocycles. The predicted octanol–water partition coefficient (Wildman–Crippen LogP) is 5.95. The Morgan fingerprint density at radius 3 is 2.69 bits per heavy atom. The first-order valence-corrected chi connectivity index (χ1v) is 11.3. The average molecular weight is 441 g/mol. The summed E-state index contributed by atoms with van der Waals surface area (Å²) in [6.07, 6.45) is 1.85. The molecule has 0 saturated heterocycles. The van der Waals surface area contributed by atoms with E-state index < -0.39 is 0 Å². The van der Waals surface area contributed by atoms with Crippen LogP contribution in [-0.2, 0) is 0 Å². The highest BCUT2D eigenvalue weighted by Gasteiger charge is 2.21. The van der Waals surface area contributed by atoms with Crippen LogP contribution < -0.4 is 5.32 Å². The molecule has 4 aromatic heterocycles. The van der Waals surface area contributed by atoms with Crippen LogP contribution in [0.25, 0.3) is 26.8 Å². The second-order valence-electron chi connectivity index (χ2n) is 6.27. The number of hydrogen-bond donors (Lipinski definition) is 1. The molecule has 0 saturated carbocycles. The van der Waals surface area contributed by atoms with E-state index in [9.17, 15) is 9.18 Å². The van der Waals surface area contributed by atoms with Crippen LogP contribution in [0.2, 0.25) is 0 Å². The number of aryl methyl sites for hydroxylation is 1. The summed E-state index contributed by atoms with van der Waals surface area (Å²) < 4.78 is 15.2. The molecule has 5 nitrogen and oxygen atoms in total.